The summed E-state index contributed by atoms with van der Waals surface area (Å²) in [7, 11) is -3.20. The Labute approximate surface area is 130 Å². The molecule has 1 amide bonds. The van der Waals surface area contributed by atoms with E-state index >= 15 is 0 Å². The van der Waals surface area contributed by atoms with E-state index < -0.39 is 10.0 Å². The van der Waals surface area contributed by atoms with Crippen molar-refractivity contribution in [2.24, 2.45) is 0 Å². The Balaban J connectivity index is 1.99. The molecule has 0 aromatic carbocycles. The number of hydrogen-bond acceptors (Lipinski definition) is 4. The zero-order valence-electron chi connectivity index (χ0n) is 12.9. The van der Waals surface area contributed by atoms with Gasteiger partial charge in [-0.2, -0.15) is 4.31 Å². The van der Waals surface area contributed by atoms with E-state index in [-0.39, 0.29) is 23.8 Å². The summed E-state index contributed by atoms with van der Waals surface area (Å²) in [4.78, 5) is 25.8. The van der Waals surface area contributed by atoms with Gasteiger partial charge >= 0.3 is 0 Å². The van der Waals surface area contributed by atoms with Gasteiger partial charge in [0.25, 0.3) is 5.56 Å². The SMILES string of the molecule is CCS(=O)(=O)N1CCN(C(=O)Cn2cccc(C)c2=O)CC1. The first-order chi connectivity index (χ1) is 10.3. The van der Waals surface area contributed by atoms with Crippen molar-refractivity contribution in [3.63, 3.8) is 0 Å². The monoisotopic (exact) mass is 327 g/mol. The van der Waals surface area contributed by atoms with Gasteiger partial charge in [0.2, 0.25) is 15.9 Å². The topological polar surface area (TPSA) is 79.7 Å². The highest BCUT2D eigenvalue weighted by molar-refractivity contribution is 7.89. The number of carbonyl (C=O) groups is 1. The van der Waals surface area contributed by atoms with Crippen LogP contribution in [0.1, 0.15) is 12.5 Å². The Morgan fingerprint density at radius 3 is 2.45 bits per heavy atom. The number of hydrogen-bond donors (Lipinski definition) is 0. The molecule has 1 aliphatic rings. The maximum Gasteiger partial charge on any atom is 0.253 e. The fourth-order valence-electron chi connectivity index (χ4n) is 2.43. The molecule has 1 fully saturated rings. The third-order valence-corrected chi connectivity index (χ3v) is 5.75. The predicted molar refractivity (Wildman–Crippen MR) is 83.1 cm³/mol. The summed E-state index contributed by atoms with van der Waals surface area (Å²) in [5, 5.41) is 0. The molecule has 0 N–H and O–H groups in total. The summed E-state index contributed by atoms with van der Waals surface area (Å²) in [5.74, 6) is -0.0964. The van der Waals surface area contributed by atoms with E-state index in [4.69, 9.17) is 0 Å². The van der Waals surface area contributed by atoms with E-state index in [1.165, 1.54) is 8.87 Å². The minimum atomic E-state index is -3.20. The van der Waals surface area contributed by atoms with Crippen LogP contribution >= 0.6 is 0 Å². The van der Waals surface area contributed by atoms with Gasteiger partial charge in [0.15, 0.2) is 0 Å². The van der Waals surface area contributed by atoms with Gasteiger partial charge in [-0.25, -0.2) is 8.42 Å². The maximum atomic E-state index is 12.3. The molecule has 22 heavy (non-hydrogen) atoms. The molecule has 0 unspecified atom stereocenters. The van der Waals surface area contributed by atoms with E-state index in [0.717, 1.165) is 0 Å². The third kappa shape index (κ3) is 3.56. The first kappa shape index (κ1) is 16.7. The molecule has 0 bridgehead atoms. The van der Waals surface area contributed by atoms with Crippen molar-refractivity contribution in [3.05, 3.63) is 34.2 Å². The van der Waals surface area contributed by atoms with Gasteiger partial charge in [-0.1, -0.05) is 6.07 Å². The average Bonchev–Trinajstić information content (AvgIpc) is 2.52. The molecule has 0 aliphatic carbocycles. The number of rotatable bonds is 4. The Morgan fingerprint density at radius 2 is 1.86 bits per heavy atom. The van der Waals surface area contributed by atoms with Crippen molar-refractivity contribution in [2.75, 3.05) is 31.9 Å². The minimum Gasteiger partial charge on any atom is -0.339 e. The van der Waals surface area contributed by atoms with Crippen molar-refractivity contribution in [1.29, 1.82) is 0 Å². The van der Waals surface area contributed by atoms with E-state index in [2.05, 4.69) is 0 Å². The van der Waals surface area contributed by atoms with Crippen LogP contribution in [0.15, 0.2) is 23.1 Å². The van der Waals surface area contributed by atoms with Crippen molar-refractivity contribution in [2.45, 2.75) is 20.4 Å². The summed E-state index contributed by atoms with van der Waals surface area (Å²) in [6.07, 6.45) is 1.59. The molecule has 7 nitrogen and oxygen atoms in total. The molecular weight excluding hydrogens is 306 g/mol. The van der Waals surface area contributed by atoms with Crippen LogP contribution in [0.25, 0.3) is 0 Å². The second-order valence-electron chi connectivity index (χ2n) is 5.30. The normalized spacial score (nSPS) is 16.7. The summed E-state index contributed by atoms with van der Waals surface area (Å²) in [5.41, 5.74) is 0.414. The number of nitrogens with zero attached hydrogens (tertiary/aromatic N) is 3. The van der Waals surface area contributed by atoms with Gasteiger partial charge < -0.3 is 9.47 Å². The third-order valence-electron chi connectivity index (χ3n) is 3.87. The fraction of sp³-hybridized carbons (Fsp3) is 0.571. The summed E-state index contributed by atoms with van der Waals surface area (Å²) in [6, 6.07) is 3.44. The molecule has 0 radical (unpaired) electrons. The molecule has 2 rings (SSSR count). The molecule has 122 valence electrons. The molecule has 1 aromatic heterocycles. The highest BCUT2D eigenvalue weighted by Crippen LogP contribution is 2.08. The largest absolute Gasteiger partial charge is 0.339 e. The lowest BCUT2D eigenvalue weighted by Gasteiger charge is -2.33. The molecule has 8 heteroatoms. The van der Waals surface area contributed by atoms with Crippen LogP contribution in [0, 0.1) is 6.92 Å². The van der Waals surface area contributed by atoms with Crippen LogP contribution in [0.2, 0.25) is 0 Å². The first-order valence-electron chi connectivity index (χ1n) is 7.27. The highest BCUT2D eigenvalue weighted by atomic mass is 32.2. The van der Waals surface area contributed by atoms with Gasteiger partial charge in [0, 0.05) is 37.9 Å². The molecule has 0 spiro atoms. The number of aryl methyl sites for hydroxylation is 1. The highest BCUT2D eigenvalue weighted by Gasteiger charge is 2.27. The fourth-order valence-corrected chi connectivity index (χ4v) is 3.51. The van der Waals surface area contributed by atoms with Crippen molar-refractivity contribution >= 4 is 15.9 Å². The predicted octanol–water partition coefficient (Wildman–Crippen LogP) is -0.349. The Hall–Kier alpha value is -1.67. The average molecular weight is 327 g/mol. The quantitative estimate of drug-likeness (QED) is 0.757. The standard InChI is InChI=1S/C14H21N3O4S/c1-3-22(20,21)17-9-7-15(8-10-17)13(18)11-16-6-4-5-12(2)14(16)19/h4-6H,3,7-11H2,1-2H3. The van der Waals surface area contributed by atoms with Gasteiger partial charge in [-0.05, 0) is 19.9 Å². The summed E-state index contributed by atoms with van der Waals surface area (Å²) >= 11 is 0. The number of carbonyl (C=O) groups excluding carboxylic acids is 1. The lowest BCUT2D eigenvalue weighted by Crippen LogP contribution is -2.51. The number of pyridine rings is 1. The maximum absolute atomic E-state index is 12.3. The molecule has 1 aliphatic heterocycles. The van der Waals surface area contributed by atoms with Crippen molar-refractivity contribution in [1.82, 2.24) is 13.8 Å². The molecule has 1 saturated heterocycles. The molecule has 0 saturated carbocycles. The summed E-state index contributed by atoms with van der Waals surface area (Å²) in [6.45, 7) is 4.64. The number of sulfonamides is 1. The molecule has 2 heterocycles. The lowest BCUT2D eigenvalue weighted by molar-refractivity contribution is -0.133. The van der Waals surface area contributed by atoms with E-state index in [1.54, 1.807) is 37.1 Å². The zero-order valence-corrected chi connectivity index (χ0v) is 13.7. The van der Waals surface area contributed by atoms with Crippen LogP contribution in [0.5, 0.6) is 0 Å². The number of amides is 1. The molecule has 0 atom stereocenters. The zero-order chi connectivity index (χ0) is 16.3. The van der Waals surface area contributed by atoms with Gasteiger partial charge in [0.1, 0.15) is 6.54 Å². The van der Waals surface area contributed by atoms with Gasteiger partial charge in [-0.3, -0.25) is 9.59 Å². The van der Waals surface area contributed by atoms with Crippen LogP contribution < -0.4 is 5.56 Å². The first-order valence-corrected chi connectivity index (χ1v) is 8.87. The lowest BCUT2D eigenvalue weighted by atomic mass is 10.3. The summed E-state index contributed by atoms with van der Waals surface area (Å²) < 4.78 is 26.4. The Morgan fingerprint density at radius 1 is 1.23 bits per heavy atom. The van der Waals surface area contributed by atoms with Crippen molar-refractivity contribution < 1.29 is 13.2 Å². The van der Waals surface area contributed by atoms with Gasteiger partial charge in [-0.15, -0.1) is 0 Å². The Bertz CT molecular complexity index is 703. The van der Waals surface area contributed by atoms with Gasteiger partial charge in [0.05, 0.1) is 5.75 Å². The number of piperazine rings is 1. The van der Waals surface area contributed by atoms with E-state index in [9.17, 15) is 18.0 Å². The van der Waals surface area contributed by atoms with Crippen molar-refractivity contribution in [3.8, 4) is 0 Å². The Kier molecular flexibility index (Phi) is 5.02. The second-order valence-corrected chi connectivity index (χ2v) is 7.56. The molecule has 1 aromatic rings. The molecular formula is C14H21N3O4S. The van der Waals surface area contributed by atoms with Crippen LogP contribution in [0.4, 0.5) is 0 Å². The number of aromatic nitrogens is 1. The second kappa shape index (κ2) is 6.62. The van der Waals surface area contributed by atoms with Crippen LogP contribution in [-0.2, 0) is 21.4 Å². The van der Waals surface area contributed by atoms with Crippen LogP contribution in [-0.4, -0.2) is 60.0 Å². The minimum absolute atomic E-state index is 0.0129. The van der Waals surface area contributed by atoms with E-state index in [1.807, 2.05) is 0 Å². The smallest absolute Gasteiger partial charge is 0.253 e. The van der Waals surface area contributed by atoms with E-state index in [0.29, 0.717) is 31.7 Å². The van der Waals surface area contributed by atoms with Crippen LogP contribution in [0.3, 0.4) is 0 Å².